The van der Waals surface area contributed by atoms with Crippen molar-refractivity contribution >= 4 is 45.2 Å². The third-order valence-corrected chi connectivity index (χ3v) is 5.51. The quantitative estimate of drug-likeness (QED) is 0.362. The number of fused-ring (bicyclic) bond motifs is 2. The third kappa shape index (κ3) is 4.43. The number of aliphatic imine (C=N–C) groups is 1. The van der Waals surface area contributed by atoms with E-state index in [1.54, 1.807) is 30.6 Å². The molecule has 2 aromatic heterocycles. The lowest BCUT2D eigenvalue weighted by molar-refractivity contribution is 0.0998. The number of rotatable bonds is 8. The van der Waals surface area contributed by atoms with Crippen molar-refractivity contribution in [1.82, 2.24) is 15.0 Å². The number of ketones is 1. The van der Waals surface area contributed by atoms with Crippen molar-refractivity contribution < 1.29 is 14.3 Å². The van der Waals surface area contributed by atoms with E-state index in [4.69, 9.17) is 4.74 Å². The van der Waals surface area contributed by atoms with E-state index >= 15 is 0 Å². The summed E-state index contributed by atoms with van der Waals surface area (Å²) in [6.45, 7) is 2.54. The number of hydrogen-bond donors (Lipinski definition) is 2. The van der Waals surface area contributed by atoms with Crippen molar-refractivity contribution in [2.24, 2.45) is 4.99 Å². The lowest BCUT2D eigenvalue weighted by Crippen LogP contribution is -2.14. The van der Waals surface area contributed by atoms with Crippen LogP contribution in [0.25, 0.3) is 21.8 Å². The standard InChI is InChI=1S/C26H23N5O3/c1-2-10-34-19-13-20(23(32)12-18-8-5-9-27-18)24-21(14-19)29-26(30-24)31-25(33)22-11-16-6-3-4-7-17(16)15-28-22/h3-7,9,11,13-15H,2,8,10,12H2,1H3,(H2,29,30,31,33). The Kier molecular flexibility index (Phi) is 5.86. The van der Waals surface area contributed by atoms with Gasteiger partial charge in [0.2, 0.25) is 5.95 Å². The summed E-state index contributed by atoms with van der Waals surface area (Å²) < 4.78 is 5.78. The first-order chi connectivity index (χ1) is 16.6. The molecule has 1 amide bonds. The number of aromatic nitrogens is 3. The zero-order valence-corrected chi connectivity index (χ0v) is 18.7. The highest BCUT2D eigenvalue weighted by Crippen LogP contribution is 2.27. The number of pyridine rings is 1. The van der Waals surface area contributed by atoms with Gasteiger partial charge in [0.25, 0.3) is 5.91 Å². The monoisotopic (exact) mass is 453 g/mol. The molecule has 34 heavy (non-hydrogen) atoms. The summed E-state index contributed by atoms with van der Waals surface area (Å²) in [5, 5.41) is 4.63. The summed E-state index contributed by atoms with van der Waals surface area (Å²) in [6.07, 6.45) is 7.00. The molecule has 8 heteroatoms. The highest BCUT2D eigenvalue weighted by Gasteiger charge is 2.20. The predicted molar refractivity (Wildman–Crippen MR) is 132 cm³/mol. The minimum absolute atomic E-state index is 0.102. The van der Waals surface area contributed by atoms with E-state index in [2.05, 4.69) is 25.3 Å². The first-order valence-corrected chi connectivity index (χ1v) is 11.2. The molecule has 2 aromatic carbocycles. The number of carbonyl (C=O) groups is 2. The first kappa shape index (κ1) is 21.5. The summed E-state index contributed by atoms with van der Waals surface area (Å²) in [4.78, 5) is 42.1. The molecule has 0 fully saturated rings. The molecule has 170 valence electrons. The topological polar surface area (TPSA) is 109 Å². The number of amides is 1. The number of imidazole rings is 1. The molecular formula is C26H23N5O3. The number of hydrogen-bond acceptors (Lipinski definition) is 6. The number of anilines is 1. The average molecular weight is 454 g/mol. The van der Waals surface area contributed by atoms with Crippen LogP contribution in [0, 0.1) is 0 Å². The van der Waals surface area contributed by atoms with Gasteiger partial charge in [0, 0.05) is 48.0 Å². The van der Waals surface area contributed by atoms with E-state index in [1.807, 2.05) is 37.3 Å². The smallest absolute Gasteiger partial charge is 0.276 e. The van der Waals surface area contributed by atoms with Gasteiger partial charge in [0.15, 0.2) is 5.78 Å². The normalized spacial score (nSPS) is 12.8. The number of allylic oxidation sites excluding steroid dienone is 1. The summed E-state index contributed by atoms with van der Waals surface area (Å²) >= 11 is 0. The molecule has 0 unspecified atom stereocenters. The Morgan fingerprint density at radius 2 is 2.00 bits per heavy atom. The lowest BCUT2D eigenvalue weighted by Gasteiger charge is -2.08. The van der Waals surface area contributed by atoms with Crippen molar-refractivity contribution in [1.29, 1.82) is 0 Å². The van der Waals surface area contributed by atoms with Crippen LogP contribution in [0.15, 0.2) is 65.9 Å². The predicted octanol–water partition coefficient (Wildman–Crippen LogP) is 5.08. The van der Waals surface area contributed by atoms with Crippen LogP contribution in [0.2, 0.25) is 0 Å². The van der Waals surface area contributed by atoms with E-state index in [0.717, 1.165) is 22.9 Å². The molecular weight excluding hydrogens is 430 g/mol. The molecule has 2 N–H and O–H groups in total. The Hall–Kier alpha value is -4.33. The SMILES string of the molecule is CCCOc1cc(C(=O)CC2=NC=CC2)c2nc(NC(=O)c3cc4ccccc4cn3)[nH]c2c1. The number of nitrogens with zero attached hydrogens (tertiary/aromatic N) is 3. The van der Waals surface area contributed by atoms with Crippen molar-refractivity contribution in [3.05, 3.63) is 72.2 Å². The molecule has 8 nitrogen and oxygen atoms in total. The molecule has 0 atom stereocenters. The number of ether oxygens (including phenoxy) is 1. The van der Waals surface area contributed by atoms with Gasteiger partial charge in [-0.25, -0.2) is 4.98 Å². The second-order valence-electron chi connectivity index (χ2n) is 8.06. The maximum Gasteiger partial charge on any atom is 0.276 e. The fourth-order valence-electron chi connectivity index (χ4n) is 3.84. The van der Waals surface area contributed by atoms with Crippen molar-refractivity contribution in [2.75, 3.05) is 11.9 Å². The number of Topliss-reactive ketones (excluding diaryl/α,β-unsaturated/α-hetero) is 1. The van der Waals surface area contributed by atoms with Gasteiger partial charge in [-0.05, 0) is 23.9 Å². The Balaban J connectivity index is 1.45. The minimum Gasteiger partial charge on any atom is -0.494 e. The Morgan fingerprint density at radius 3 is 2.79 bits per heavy atom. The van der Waals surface area contributed by atoms with Gasteiger partial charge in [-0.15, -0.1) is 0 Å². The molecule has 5 rings (SSSR count). The fourth-order valence-corrected chi connectivity index (χ4v) is 3.84. The maximum atomic E-state index is 13.1. The first-order valence-electron chi connectivity index (χ1n) is 11.2. The molecule has 0 saturated heterocycles. The molecule has 0 aliphatic carbocycles. The molecule has 0 radical (unpaired) electrons. The van der Waals surface area contributed by atoms with Crippen LogP contribution in [-0.2, 0) is 0 Å². The van der Waals surface area contributed by atoms with Crippen molar-refractivity contribution in [3.8, 4) is 5.75 Å². The van der Waals surface area contributed by atoms with Crippen LogP contribution in [0.4, 0.5) is 5.95 Å². The van der Waals surface area contributed by atoms with Gasteiger partial charge in [-0.3, -0.25) is 24.9 Å². The van der Waals surface area contributed by atoms with Crippen LogP contribution >= 0.6 is 0 Å². The second kappa shape index (κ2) is 9.27. The molecule has 0 bridgehead atoms. The summed E-state index contributed by atoms with van der Waals surface area (Å²) in [5.41, 5.74) is 2.59. The number of carbonyl (C=O) groups excluding carboxylic acids is 2. The number of nitrogens with one attached hydrogen (secondary N) is 2. The van der Waals surface area contributed by atoms with Crippen LogP contribution in [0.1, 0.15) is 47.0 Å². The van der Waals surface area contributed by atoms with Gasteiger partial charge in [-0.1, -0.05) is 37.3 Å². The van der Waals surface area contributed by atoms with E-state index in [0.29, 0.717) is 35.4 Å². The van der Waals surface area contributed by atoms with Crippen LogP contribution in [0.3, 0.4) is 0 Å². The van der Waals surface area contributed by atoms with Gasteiger partial charge in [0.1, 0.15) is 17.0 Å². The zero-order valence-electron chi connectivity index (χ0n) is 18.7. The van der Waals surface area contributed by atoms with Crippen LogP contribution in [0.5, 0.6) is 5.75 Å². The Morgan fingerprint density at radius 1 is 1.15 bits per heavy atom. The van der Waals surface area contributed by atoms with Gasteiger partial charge >= 0.3 is 0 Å². The van der Waals surface area contributed by atoms with Gasteiger partial charge in [-0.2, -0.15) is 0 Å². The number of H-pyrrole nitrogens is 1. The summed E-state index contributed by atoms with van der Waals surface area (Å²) in [7, 11) is 0. The number of benzene rings is 2. The van der Waals surface area contributed by atoms with Crippen LogP contribution < -0.4 is 10.1 Å². The lowest BCUT2D eigenvalue weighted by atomic mass is 10.0. The zero-order chi connectivity index (χ0) is 23.5. The highest BCUT2D eigenvalue weighted by molar-refractivity contribution is 6.16. The Bertz CT molecular complexity index is 1470. The van der Waals surface area contributed by atoms with Gasteiger partial charge < -0.3 is 9.72 Å². The van der Waals surface area contributed by atoms with Crippen molar-refractivity contribution in [3.63, 3.8) is 0 Å². The van der Waals surface area contributed by atoms with E-state index in [-0.39, 0.29) is 23.8 Å². The molecule has 4 aromatic rings. The van der Waals surface area contributed by atoms with Gasteiger partial charge in [0.05, 0.1) is 12.1 Å². The minimum atomic E-state index is -0.397. The molecule has 0 spiro atoms. The maximum absolute atomic E-state index is 13.1. The third-order valence-electron chi connectivity index (χ3n) is 5.51. The summed E-state index contributed by atoms with van der Waals surface area (Å²) in [5.74, 6) is 0.305. The van der Waals surface area contributed by atoms with E-state index in [9.17, 15) is 9.59 Å². The van der Waals surface area contributed by atoms with E-state index < -0.39 is 5.91 Å². The van der Waals surface area contributed by atoms with E-state index in [1.165, 1.54) is 0 Å². The summed E-state index contributed by atoms with van der Waals surface area (Å²) in [6, 6.07) is 12.9. The molecule has 1 aliphatic rings. The molecule has 1 aliphatic heterocycles. The van der Waals surface area contributed by atoms with Crippen molar-refractivity contribution in [2.45, 2.75) is 26.2 Å². The highest BCUT2D eigenvalue weighted by atomic mass is 16.5. The Labute approximate surface area is 195 Å². The molecule has 0 saturated carbocycles. The average Bonchev–Trinajstić information content (AvgIpc) is 3.51. The fraction of sp³-hybridized carbons (Fsp3) is 0.192. The number of aromatic amines is 1. The largest absolute Gasteiger partial charge is 0.494 e. The molecule has 3 heterocycles. The van der Waals surface area contributed by atoms with Crippen LogP contribution in [-0.4, -0.2) is 39.0 Å². The second-order valence-corrected chi connectivity index (χ2v) is 8.06.